The molecule has 0 aliphatic carbocycles. The minimum Gasteiger partial charge on any atom is -0.464 e. The van der Waals surface area contributed by atoms with Gasteiger partial charge in [0.15, 0.2) is 0 Å². The van der Waals surface area contributed by atoms with Crippen LogP contribution in [0.3, 0.4) is 0 Å². The molecule has 1 aliphatic heterocycles. The van der Waals surface area contributed by atoms with Gasteiger partial charge >= 0.3 is 0 Å². The van der Waals surface area contributed by atoms with Gasteiger partial charge in [0.1, 0.15) is 5.58 Å². The Morgan fingerprint density at radius 3 is 2.64 bits per heavy atom. The van der Waals surface area contributed by atoms with Crippen molar-refractivity contribution >= 4 is 29.3 Å². The van der Waals surface area contributed by atoms with E-state index >= 15 is 0 Å². The van der Waals surface area contributed by atoms with Gasteiger partial charge in [-0.2, -0.15) is 0 Å². The minimum absolute atomic E-state index is 0. The fraction of sp³-hybridized carbons (Fsp3) is 0.550. The van der Waals surface area contributed by atoms with E-state index in [0.717, 1.165) is 42.5 Å². The maximum Gasteiger partial charge on any atom is 0.227 e. The Morgan fingerprint density at radius 1 is 1.32 bits per heavy atom. The van der Waals surface area contributed by atoms with Crippen LogP contribution in [0.15, 0.2) is 22.8 Å². The Balaban J connectivity index is 0.00000225. The lowest BCUT2D eigenvalue weighted by atomic mass is 9.95. The number of carbonyl (C=O) groups excluding carboxylic acids is 1. The van der Waals surface area contributed by atoms with Crippen LogP contribution in [0, 0.1) is 6.92 Å². The molecular weight excluding hydrogens is 336 g/mol. The highest BCUT2D eigenvalue weighted by molar-refractivity contribution is 5.88. The summed E-state index contributed by atoms with van der Waals surface area (Å²) in [4.78, 5) is 14.6. The van der Waals surface area contributed by atoms with E-state index < -0.39 is 0 Å². The highest BCUT2D eigenvalue weighted by atomic mass is 35.5. The number of carbonyl (C=O) groups is 1. The van der Waals surface area contributed by atoms with Crippen molar-refractivity contribution in [2.75, 3.05) is 20.1 Å². The van der Waals surface area contributed by atoms with E-state index in [-0.39, 0.29) is 18.3 Å². The van der Waals surface area contributed by atoms with Gasteiger partial charge < -0.3 is 14.6 Å². The van der Waals surface area contributed by atoms with Gasteiger partial charge in [0.25, 0.3) is 0 Å². The topological polar surface area (TPSA) is 45.5 Å². The zero-order valence-electron chi connectivity index (χ0n) is 15.6. The molecule has 0 bridgehead atoms. The van der Waals surface area contributed by atoms with E-state index in [4.69, 9.17) is 4.42 Å². The number of fused-ring (bicyclic) bond motifs is 1. The first kappa shape index (κ1) is 19.8. The predicted octanol–water partition coefficient (Wildman–Crippen LogP) is 4.04. The van der Waals surface area contributed by atoms with E-state index in [1.165, 1.54) is 11.1 Å². The average molecular weight is 365 g/mol. The van der Waals surface area contributed by atoms with E-state index in [1.807, 2.05) is 11.9 Å². The SMILES string of the molecule is Cc1cc2occ(CC(=O)N(C)C3CCNCC3)c2cc1C(C)C.Cl. The molecule has 1 aliphatic rings. The van der Waals surface area contributed by atoms with Crippen LogP contribution < -0.4 is 5.32 Å². The molecular formula is C20H29ClN2O2. The van der Waals surface area contributed by atoms with Gasteiger partial charge in [0.05, 0.1) is 12.7 Å². The maximum absolute atomic E-state index is 12.7. The molecule has 2 aromatic rings. The van der Waals surface area contributed by atoms with Crippen molar-refractivity contribution in [2.45, 2.75) is 52.0 Å². The summed E-state index contributed by atoms with van der Waals surface area (Å²) in [5.41, 5.74) is 4.45. The lowest BCUT2D eigenvalue weighted by molar-refractivity contribution is -0.131. The van der Waals surface area contributed by atoms with Crippen LogP contribution >= 0.6 is 12.4 Å². The second kappa shape index (κ2) is 8.24. The Hall–Kier alpha value is -1.52. The average Bonchev–Trinajstić information content (AvgIpc) is 2.95. The van der Waals surface area contributed by atoms with Gasteiger partial charge in [-0.05, 0) is 62.0 Å². The lowest BCUT2D eigenvalue weighted by Gasteiger charge is -2.31. The summed E-state index contributed by atoms with van der Waals surface area (Å²) in [6.07, 6.45) is 4.23. The molecule has 0 spiro atoms. The normalized spacial score (nSPS) is 15.4. The first-order valence-electron chi connectivity index (χ1n) is 8.94. The first-order chi connectivity index (χ1) is 11.5. The van der Waals surface area contributed by atoms with Gasteiger partial charge in [-0.25, -0.2) is 0 Å². The Labute approximate surface area is 156 Å². The monoisotopic (exact) mass is 364 g/mol. The summed E-state index contributed by atoms with van der Waals surface area (Å²) < 4.78 is 5.71. The van der Waals surface area contributed by atoms with Crippen LogP contribution in [0.5, 0.6) is 0 Å². The summed E-state index contributed by atoms with van der Waals surface area (Å²) in [5, 5.41) is 4.43. The lowest BCUT2D eigenvalue weighted by Crippen LogP contribution is -2.44. The fourth-order valence-electron chi connectivity index (χ4n) is 3.69. The number of halogens is 1. The van der Waals surface area contributed by atoms with Crippen LogP contribution in [0.25, 0.3) is 11.0 Å². The molecule has 4 nitrogen and oxygen atoms in total. The molecule has 5 heteroatoms. The number of benzene rings is 1. The van der Waals surface area contributed by atoms with Crippen LogP contribution in [0.1, 0.15) is 49.3 Å². The zero-order valence-corrected chi connectivity index (χ0v) is 16.4. The number of furan rings is 1. The summed E-state index contributed by atoms with van der Waals surface area (Å²) in [5.74, 6) is 0.640. The molecule has 0 saturated carbocycles. The van der Waals surface area contributed by atoms with Crippen molar-refractivity contribution in [3.05, 3.63) is 35.1 Å². The molecule has 1 fully saturated rings. The number of rotatable bonds is 4. The minimum atomic E-state index is 0. The highest BCUT2D eigenvalue weighted by Gasteiger charge is 2.23. The van der Waals surface area contributed by atoms with E-state index in [2.05, 4.69) is 38.2 Å². The molecule has 0 atom stereocenters. The molecule has 1 saturated heterocycles. The molecule has 25 heavy (non-hydrogen) atoms. The number of aryl methyl sites for hydroxylation is 1. The third-order valence-electron chi connectivity index (χ3n) is 5.26. The number of hydrogen-bond donors (Lipinski definition) is 1. The smallest absolute Gasteiger partial charge is 0.227 e. The number of amides is 1. The van der Waals surface area contributed by atoms with E-state index in [1.54, 1.807) is 6.26 Å². The number of nitrogens with one attached hydrogen (secondary N) is 1. The fourth-order valence-corrected chi connectivity index (χ4v) is 3.69. The maximum atomic E-state index is 12.7. The summed E-state index contributed by atoms with van der Waals surface area (Å²) in [6.45, 7) is 8.50. The van der Waals surface area contributed by atoms with E-state index in [0.29, 0.717) is 18.4 Å². The van der Waals surface area contributed by atoms with Crippen molar-refractivity contribution < 1.29 is 9.21 Å². The molecule has 1 amide bonds. The molecule has 2 heterocycles. The molecule has 1 N–H and O–H groups in total. The van der Waals surface area contributed by atoms with Crippen LogP contribution in [-0.4, -0.2) is 37.0 Å². The number of likely N-dealkylation sites (N-methyl/N-ethyl adjacent to an activating group) is 1. The largest absolute Gasteiger partial charge is 0.464 e. The van der Waals surface area contributed by atoms with Crippen LogP contribution in [0.4, 0.5) is 0 Å². The van der Waals surface area contributed by atoms with Gasteiger partial charge in [-0.15, -0.1) is 12.4 Å². The van der Waals surface area contributed by atoms with Crippen molar-refractivity contribution in [2.24, 2.45) is 0 Å². The van der Waals surface area contributed by atoms with E-state index in [9.17, 15) is 4.79 Å². The predicted molar refractivity (Wildman–Crippen MR) is 105 cm³/mol. The zero-order chi connectivity index (χ0) is 17.3. The molecule has 1 aromatic carbocycles. The standard InChI is InChI=1S/C20H28N2O2.ClH/c1-13(2)17-11-18-15(12-24-19(18)9-14(17)3)10-20(23)22(4)16-5-7-21-8-6-16;/h9,11-13,16,21H,5-8,10H2,1-4H3;1H. The summed E-state index contributed by atoms with van der Waals surface area (Å²) in [7, 11) is 1.93. The Kier molecular flexibility index (Phi) is 6.53. The van der Waals surface area contributed by atoms with Crippen LogP contribution in [-0.2, 0) is 11.2 Å². The summed E-state index contributed by atoms with van der Waals surface area (Å²) in [6, 6.07) is 4.65. The number of hydrogen-bond acceptors (Lipinski definition) is 3. The third-order valence-corrected chi connectivity index (χ3v) is 5.26. The summed E-state index contributed by atoms with van der Waals surface area (Å²) >= 11 is 0. The van der Waals surface area contributed by atoms with Crippen molar-refractivity contribution in [1.29, 1.82) is 0 Å². The number of nitrogens with zero attached hydrogens (tertiary/aromatic N) is 1. The van der Waals surface area contributed by atoms with Crippen molar-refractivity contribution in [3.63, 3.8) is 0 Å². The van der Waals surface area contributed by atoms with Crippen molar-refractivity contribution in [3.8, 4) is 0 Å². The Bertz CT molecular complexity index is 733. The second-order valence-corrected chi connectivity index (χ2v) is 7.28. The highest BCUT2D eigenvalue weighted by Crippen LogP contribution is 2.29. The molecule has 0 radical (unpaired) electrons. The molecule has 3 rings (SSSR count). The third kappa shape index (κ3) is 4.18. The molecule has 0 unspecified atom stereocenters. The van der Waals surface area contributed by atoms with Gasteiger partial charge in [0, 0.05) is 24.0 Å². The first-order valence-corrected chi connectivity index (χ1v) is 8.94. The number of piperidine rings is 1. The quantitative estimate of drug-likeness (QED) is 0.890. The van der Waals surface area contributed by atoms with Gasteiger partial charge in [-0.3, -0.25) is 4.79 Å². The van der Waals surface area contributed by atoms with Crippen molar-refractivity contribution in [1.82, 2.24) is 10.2 Å². The van der Waals surface area contributed by atoms with Crippen LogP contribution in [0.2, 0.25) is 0 Å². The molecule has 1 aromatic heterocycles. The second-order valence-electron chi connectivity index (χ2n) is 7.28. The van der Waals surface area contributed by atoms with Gasteiger partial charge in [0.2, 0.25) is 5.91 Å². The Morgan fingerprint density at radius 2 is 2.00 bits per heavy atom. The van der Waals surface area contributed by atoms with Gasteiger partial charge in [-0.1, -0.05) is 13.8 Å². The molecule has 138 valence electrons.